The highest BCUT2D eigenvalue weighted by Crippen LogP contribution is 1.95. The first-order chi connectivity index (χ1) is 4.86. The van der Waals surface area contributed by atoms with Gasteiger partial charge in [-0.3, -0.25) is 4.79 Å². The lowest BCUT2D eigenvalue weighted by atomic mass is 10.5. The normalized spacial score (nSPS) is 9.70. The molecule has 0 saturated carbocycles. The largest absolute Gasteiger partial charge is 0.378 e. The Labute approximate surface area is 58.2 Å². The van der Waals surface area contributed by atoms with Crippen LogP contribution in [0.25, 0.3) is 0 Å². The minimum Gasteiger partial charge on any atom is -0.378 e. The van der Waals surface area contributed by atoms with Gasteiger partial charge in [-0.25, -0.2) is 4.98 Å². The number of aromatic nitrogens is 2. The summed E-state index contributed by atoms with van der Waals surface area (Å²) in [4.78, 5) is 16.6. The Balaban J connectivity index is 2.68. The molecule has 4 heteroatoms. The summed E-state index contributed by atoms with van der Waals surface area (Å²) in [5, 5.41) is 0. The number of carbonyl (C=O) groups is 1. The van der Waals surface area contributed by atoms with Gasteiger partial charge in [-0.05, 0) is 0 Å². The van der Waals surface area contributed by atoms with Crippen molar-refractivity contribution < 1.29 is 9.53 Å². The number of hydrogen-bond donors (Lipinski definition) is 1. The van der Waals surface area contributed by atoms with E-state index in [1.54, 1.807) is 13.3 Å². The van der Waals surface area contributed by atoms with Gasteiger partial charge >= 0.3 is 0 Å². The van der Waals surface area contributed by atoms with E-state index in [0.29, 0.717) is 18.7 Å². The zero-order valence-electron chi connectivity index (χ0n) is 5.63. The van der Waals surface area contributed by atoms with Crippen molar-refractivity contribution in [2.75, 3.05) is 7.11 Å². The Morgan fingerprint density at radius 2 is 2.70 bits per heavy atom. The molecule has 0 radical (unpaired) electrons. The second-order valence-electron chi connectivity index (χ2n) is 1.84. The van der Waals surface area contributed by atoms with Crippen molar-refractivity contribution in [3.8, 4) is 0 Å². The highest BCUT2D eigenvalue weighted by Gasteiger charge is 1.96. The molecule has 0 aliphatic heterocycles. The van der Waals surface area contributed by atoms with Crippen LogP contribution < -0.4 is 0 Å². The maximum atomic E-state index is 10.1. The number of nitrogens with zero attached hydrogens (tertiary/aromatic N) is 1. The quantitative estimate of drug-likeness (QED) is 0.617. The molecule has 0 amide bonds. The van der Waals surface area contributed by atoms with Crippen LogP contribution in [0.15, 0.2) is 6.20 Å². The average Bonchev–Trinajstić information content (AvgIpc) is 2.37. The van der Waals surface area contributed by atoms with Gasteiger partial charge in [0.05, 0.1) is 18.5 Å². The second kappa shape index (κ2) is 3.12. The first kappa shape index (κ1) is 6.95. The van der Waals surface area contributed by atoms with Crippen molar-refractivity contribution in [2.45, 2.75) is 6.61 Å². The van der Waals surface area contributed by atoms with Gasteiger partial charge in [-0.2, -0.15) is 0 Å². The summed E-state index contributed by atoms with van der Waals surface area (Å²) >= 11 is 0. The molecule has 0 bridgehead atoms. The highest BCUT2D eigenvalue weighted by molar-refractivity contribution is 5.68. The molecule has 0 saturated heterocycles. The highest BCUT2D eigenvalue weighted by atomic mass is 16.5. The molecule has 4 nitrogen and oxygen atoms in total. The third-order valence-corrected chi connectivity index (χ3v) is 1.06. The number of ether oxygens (including phenoxy) is 1. The summed E-state index contributed by atoms with van der Waals surface area (Å²) in [5.41, 5.74) is 0.810. The molecule has 0 aliphatic rings. The zero-order valence-corrected chi connectivity index (χ0v) is 5.63. The monoisotopic (exact) mass is 140 g/mol. The summed E-state index contributed by atoms with van der Waals surface area (Å²) in [7, 11) is 1.58. The number of hydrogen-bond acceptors (Lipinski definition) is 3. The fourth-order valence-electron chi connectivity index (χ4n) is 0.665. The number of H-pyrrole nitrogens is 1. The van der Waals surface area contributed by atoms with E-state index in [-0.39, 0.29) is 0 Å². The molecule has 0 spiro atoms. The fourth-order valence-corrected chi connectivity index (χ4v) is 0.665. The predicted molar refractivity (Wildman–Crippen MR) is 34.7 cm³/mol. The first-order valence-corrected chi connectivity index (χ1v) is 2.85. The van der Waals surface area contributed by atoms with E-state index in [1.165, 1.54) is 0 Å². The summed E-state index contributed by atoms with van der Waals surface area (Å²) in [6, 6.07) is 0. The number of imidazole rings is 1. The smallest absolute Gasteiger partial charge is 0.185 e. The molecular formula is C6H8N2O2. The lowest BCUT2D eigenvalue weighted by Gasteiger charge is -1.90. The Bertz CT molecular complexity index is 219. The van der Waals surface area contributed by atoms with E-state index in [2.05, 4.69) is 9.97 Å². The van der Waals surface area contributed by atoms with Crippen LogP contribution in [0, 0.1) is 0 Å². The van der Waals surface area contributed by atoms with E-state index in [9.17, 15) is 4.79 Å². The minimum absolute atomic E-state index is 0.340. The van der Waals surface area contributed by atoms with Gasteiger partial charge in [0.1, 0.15) is 0 Å². The molecule has 0 aromatic carbocycles. The van der Waals surface area contributed by atoms with E-state index in [1.807, 2.05) is 0 Å². The van der Waals surface area contributed by atoms with E-state index >= 15 is 0 Å². The van der Waals surface area contributed by atoms with E-state index in [4.69, 9.17) is 4.74 Å². The van der Waals surface area contributed by atoms with Gasteiger partial charge in [-0.15, -0.1) is 0 Å². The number of nitrogens with one attached hydrogen (secondary N) is 1. The van der Waals surface area contributed by atoms with Crippen LogP contribution in [0.3, 0.4) is 0 Å². The Hall–Kier alpha value is -1.16. The lowest BCUT2D eigenvalue weighted by molar-refractivity contribution is 0.111. The molecule has 1 rings (SSSR count). The molecule has 1 aromatic rings. The van der Waals surface area contributed by atoms with Gasteiger partial charge in [0.25, 0.3) is 0 Å². The van der Waals surface area contributed by atoms with Gasteiger partial charge < -0.3 is 9.72 Å². The molecule has 0 aliphatic carbocycles. The van der Waals surface area contributed by atoms with Crippen molar-refractivity contribution in [1.82, 2.24) is 9.97 Å². The number of aromatic amines is 1. The number of carbonyl (C=O) groups excluding carboxylic acids is 1. The lowest BCUT2D eigenvalue weighted by Crippen LogP contribution is -1.87. The number of methoxy groups -OCH3 is 1. The van der Waals surface area contributed by atoms with Gasteiger partial charge in [0.2, 0.25) is 0 Å². The molecule has 10 heavy (non-hydrogen) atoms. The van der Waals surface area contributed by atoms with Crippen molar-refractivity contribution in [3.63, 3.8) is 0 Å². The van der Waals surface area contributed by atoms with Crippen LogP contribution in [0.1, 0.15) is 16.3 Å². The number of aldehydes is 1. The van der Waals surface area contributed by atoms with Crippen LogP contribution in [0.4, 0.5) is 0 Å². The zero-order chi connectivity index (χ0) is 7.40. The van der Waals surface area contributed by atoms with Crippen LogP contribution >= 0.6 is 0 Å². The minimum atomic E-state index is 0.340. The van der Waals surface area contributed by atoms with Gasteiger partial charge in [0, 0.05) is 7.11 Å². The van der Waals surface area contributed by atoms with Crippen LogP contribution in [-0.2, 0) is 11.3 Å². The molecule has 1 aromatic heterocycles. The molecule has 0 atom stereocenters. The third kappa shape index (κ3) is 1.41. The molecular weight excluding hydrogens is 132 g/mol. The SMILES string of the molecule is COCc1cnc(C=O)[nH]1. The van der Waals surface area contributed by atoms with Crippen molar-refractivity contribution in [2.24, 2.45) is 0 Å². The number of rotatable bonds is 3. The van der Waals surface area contributed by atoms with Gasteiger partial charge in [-0.1, -0.05) is 0 Å². The van der Waals surface area contributed by atoms with Crippen LogP contribution in [0.5, 0.6) is 0 Å². The molecule has 1 heterocycles. The summed E-state index contributed by atoms with van der Waals surface area (Å²) in [5.74, 6) is 0.340. The first-order valence-electron chi connectivity index (χ1n) is 2.85. The maximum absolute atomic E-state index is 10.1. The summed E-state index contributed by atoms with van der Waals surface area (Å²) < 4.78 is 4.80. The second-order valence-corrected chi connectivity index (χ2v) is 1.84. The van der Waals surface area contributed by atoms with Gasteiger partial charge in [0.15, 0.2) is 12.1 Å². The Morgan fingerprint density at radius 1 is 1.90 bits per heavy atom. The van der Waals surface area contributed by atoms with Crippen molar-refractivity contribution in [1.29, 1.82) is 0 Å². The average molecular weight is 140 g/mol. The topological polar surface area (TPSA) is 55.0 Å². The molecule has 0 unspecified atom stereocenters. The Morgan fingerprint density at radius 3 is 3.20 bits per heavy atom. The molecule has 0 fully saturated rings. The fraction of sp³-hybridized carbons (Fsp3) is 0.333. The molecule has 54 valence electrons. The van der Waals surface area contributed by atoms with Crippen LogP contribution in [-0.4, -0.2) is 23.4 Å². The molecule has 1 N–H and O–H groups in total. The Kier molecular flexibility index (Phi) is 2.17. The summed E-state index contributed by atoms with van der Waals surface area (Å²) in [6.07, 6.45) is 2.24. The standard InChI is InChI=1S/C6H8N2O2/c1-10-4-5-2-7-6(3-9)8-5/h2-3H,4H2,1H3,(H,7,8). The van der Waals surface area contributed by atoms with Crippen molar-refractivity contribution in [3.05, 3.63) is 17.7 Å². The van der Waals surface area contributed by atoms with E-state index < -0.39 is 0 Å². The van der Waals surface area contributed by atoms with Crippen LogP contribution in [0.2, 0.25) is 0 Å². The van der Waals surface area contributed by atoms with Crippen molar-refractivity contribution >= 4 is 6.29 Å². The third-order valence-electron chi connectivity index (χ3n) is 1.06. The summed E-state index contributed by atoms with van der Waals surface area (Å²) in [6.45, 7) is 0.459. The maximum Gasteiger partial charge on any atom is 0.185 e. The predicted octanol–water partition coefficient (Wildman–Crippen LogP) is 0.369. The van der Waals surface area contributed by atoms with E-state index in [0.717, 1.165) is 5.69 Å².